The number of aromatic nitrogens is 1. The highest BCUT2D eigenvalue weighted by Gasteiger charge is 2.10. The van der Waals surface area contributed by atoms with Gasteiger partial charge in [0.1, 0.15) is 0 Å². The predicted molar refractivity (Wildman–Crippen MR) is 94.7 cm³/mol. The second kappa shape index (κ2) is 6.21. The Balaban J connectivity index is 1.95. The molecule has 0 bridgehead atoms. The Bertz CT molecular complexity index is 870. The first kappa shape index (κ1) is 15.2. The summed E-state index contributed by atoms with van der Waals surface area (Å²) in [5.41, 5.74) is 5.99. The van der Waals surface area contributed by atoms with Crippen LogP contribution in [0.1, 0.15) is 22.4 Å². The van der Waals surface area contributed by atoms with Crippen LogP contribution in [0.5, 0.6) is 0 Å². The van der Waals surface area contributed by atoms with Crippen molar-refractivity contribution in [3.8, 4) is 0 Å². The minimum absolute atomic E-state index is 0.0118. The lowest BCUT2D eigenvalue weighted by molar-refractivity contribution is -0.115. The molecule has 3 heteroatoms. The fraction of sp³-hybridized carbons (Fsp3) is 0.200. The number of benzene rings is 2. The summed E-state index contributed by atoms with van der Waals surface area (Å²) in [7, 11) is 0. The quantitative estimate of drug-likeness (QED) is 0.782. The molecule has 23 heavy (non-hydrogen) atoms. The molecule has 0 radical (unpaired) electrons. The molecule has 0 aliphatic carbocycles. The lowest BCUT2D eigenvalue weighted by Crippen LogP contribution is -2.15. The van der Waals surface area contributed by atoms with Crippen molar-refractivity contribution >= 4 is 22.5 Å². The molecule has 0 atom stereocenters. The van der Waals surface area contributed by atoms with Crippen molar-refractivity contribution in [3.05, 3.63) is 70.9 Å². The van der Waals surface area contributed by atoms with Gasteiger partial charge in [-0.15, -0.1) is 0 Å². The number of anilines is 1. The van der Waals surface area contributed by atoms with E-state index < -0.39 is 0 Å². The number of carbonyl (C=O) groups excluding carboxylic acids is 1. The second-order valence-electron chi connectivity index (χ2n) is 6.00. The van der Waals surface area contributed by atoms with Crippen LogP contribution in [0.3, 0.4) is 0 Å². The number of fused-ring (bicyclic) bond motifs is 1. The molecule has 116 valence electrons. The van der Waals surface area contributed by atoms with Gasteiger partial charge in [0.15, 0.2) is 0 Å². The SMILES string of the molecule is Cc1cc(C)c2nc(C)cc(NC(=O)Cc3ccccc3)c2c1. The molecule has 1 N–H and O–H groups in total. The lowest BCUT2D eigenvalue weighted by atomic mass is 10.0. The van der Waals surface area contributed by atoms with E-state index in [2.05, 4.69) is 36.3 Å². The molecule has 0 spiro atoms. The van der Waals surface area contributed by atoms with Crippen LogP contribution >= 0.6 is 0 Å². The van der Waals surface area contributed by atoms with Gasteiger partial charge in [0.05, 0.1) is 17.6 Å². The van der Waals surface area contributed by atoms with Gasteiger partial charge in [-0.25, -0.2) is 0 Å². The summed E-state index contributed by atoms with van der Waals surface area (Å²) >= 11 is 0. The first-order valence-corrected chi connectivity index (χ1v) is 7.75. The molecule has 0 aliphatic heterocycles. The molecular formula is C20H20N2O. The van der Waals surface area contributed by atoms with Crippen LogP contribution in [0.4, 0.5) is 5.69 Å². The zero-order chi connectivity index (χ0) is 16.4. The van der Waals surface area contributed by atoms with E-state index >= 15 is 0 Å². The number of rotatable bonds is 3. The third-order valence-corrected chi connectivity index (χ3v) is 3.86. The van der Waals surface area contributed by atoms with Crippen LogP contribution < -0.4 is 5.32 Å². The van der Waals surface area contributed by atoms with Crippen molar-refractivity contribution in [2.24, 2.45) is 0 Å². The molecule has 0 aliphatic rings. The molecular weight excluding hydrogens is 284 g/mol. The minimum Gasteiger partial charge on any atom is -0.325 e. The van der Waals surface area contributed by atoms with Gasteiger partial charge in [-0.1, -0.05) is 42.0 Å². The standard InChI is InChI=1S/C20H20N2O/c1-13-9-14(2)20-17(10-13)18(11-15(3)21-20)22-19(23)12-16-7-5-4-6-8-16/h4-11H,12H2,1-3H3,(H,21,22,23). The Hall–Kier alpha value is -2.68. The smallest absolute Gasteiger partial charge is 0.228 e. The predicted octanol–water partition coefficient (Wildman–Crippen LogP) is 4.34. The average Bonchev–Trinajstić information content (AvgIpc) is 2.49. The van der Waals surface area contributed by atoms with E-state index in [0.717, 1.165) is 33.4 Å². The molecule has 1 heterocycles. The number of hydrogen-bond donors (Lipinski definition) is 1. The number of nitrogens with zero attached hydrogens (tertiary/aromatic N) is 1. The monoisotopic (exact) mass is 304 g/mol. The third-order valence-electron chi connectivity index (χ3n) is 3.86. The van der Waals surface area contributed by atoms with Gasteiger partial charge in [0, 0.05) is 11.1 Å². The number of amides is 1. The zero-order valence-corrected chi connectivity index (χ0v) is 13.7. The van der Waals surface area contributed by atoms with Crippen molar-refractivity contribution < 1.29 is 4.79 Å². The third kappa shape index (κ3) is 3.39. The Morgan fingerprint density at radius 1 is 1.04 bits per heavy atom. The Kier molecular flexibility index (Phi) is 4.11. The van der Waals surface area contributed by atoms with Crippen LogP contribution in [0, 0.1) is 20.8 Å². The number of pyridine rings is 1. The molecule has 1 amide bonds. The number of nitrogens with one attached hydrogen (secondary N) is 1. The van der Waals surface area contributed by atoms with Crippen LogP contribution in [-0.2, 0) is 11.2 Å². The van der Waals surface area contributed by atoms with E-state index in [1.165, 1.54) is 5.56 Å². The first-order chi connectivity index (χ1) is 11.0. The number of carbonyl (C=O) groups is 1. The van der Waals surface area contributed by atoms with Gasteiger partial charge >= 0.3 is 0 Å². The van der Waals surface area contributed by atoms with Gasteiger partial charge in [-0.3, -0.25) is 9.78 Å². The maximum Gasteiger partial charge on any atom is 0.228 e. The summed E-state index contributed by atoms with van der Waals surface area (Å²) in [6.07, 6.45) is 0.370. The molecule has 3 aromatic rings. The zero-order valence-electron chi connectivity index (χ0n) is 13.7. The minimum atomic E-state index is -0.0118. The van der Waals surface area contributed by atoms with Crippen molar-refractivity contribution in [3.63, 3.8) is 0 Å². The molecule has 3 rings (SSSR count). The van der Waals surface area contributed by atoms with Crippen LogP contribution in [0.25, 0.3) is 10.9 Å². The maximum atomic E-state index is 12.4. The summed E-state index contributed by atoms with van der Waals surface area (Å²) in [6, 6.07) is 15.9. The van der Waals surface area contributed by atoms with Gasteiger partial charge in [0.25, 0.3) is 0 Å². The summed E-state index contributed by atoms with van der Waals surface area (Å²) in [5.74, 6) is -0.0118. The normalized spacial score (nSPS) is 10.7. The van der Waals surface area contributed by atoms with Crippen molar-refractivity contribution in [1.29, 1.82) is 0 Å². The van der Waals surface area contributed by atoms with E-state index in [1.807, 2.05) is 43.3 Å². The summed E-state index contributed by atoms with van der Waals surface area (Å²) < 4.78 is 0. The summed E-state index contributed by atoms with van der Waals surface area (Å²) in [4.78, 5) is 17.0. The van der Waals surface area contributed by atoms with E-state index in [0.29, 0.717) is 6.42 Å². The molecule has 0 fully saturated rings. The molecule has 3 nitrogen and oxygen atoms in total. The largest absolute Gasteiger partial charge is 0.325 e. The van der Waals surface area contributed by atoms with Crippen molar-refractivity contribution in [1.82, 2.24) is 4.98 Å². The topological polar surface area (TPSA) is 42.0 Å². The van der Waals surface area contributed by atoms with Gasteiger partial charge < -0.3 is 5.32 Å². The number of aryl methyl sites for hydroxylation is 3. The average molecular weight is 304 g/mol. The van der Waals surface area contributed by atoms with Gasteiger partial charge in [-0.2, -0.15) is 0 Å². The Morgan fingerprint density at radius 3 is 2.52 bits per heavy atom. The highest BCUT2D eigenvalue weighted by Crippen LogP contribution is 2.27. The van der Waals surface area contributed by atoms with E-state index in [4.69, 9.17) is 0 Å². The molecule has 0 saturated heterocycles. The Labute approximate surface area is 136 Å². The maximum absolute atomic E-state index is 12.4. The lowest BCUT2D eigenvalue weighted by Gasteiger charge is -2.12. The fourth-order valence-corrected chi connectivity index (χ4v) is 2.89. The van der Waals surface area contributed by atoms with Crippen molar-refractivity contribution in [2.75, 3.05) is 5.32 Å². The fourth-order valence-electron chi connectivity index (χ4n) is 2.89. The van der Waals surface area contributed by atoms with E-state index in [1.54, 1.807) is 0 Å². The second-order valence-corrected chi connectivity index (χ2v) is 6.00. The highest BCUT2D eigenvalue weighted by molar-refractivity contribution is 6.02. The summed E-state index contributed by atoms with van der Waals surface area (Å²) in [5, 5.41) is 4.04. The molecule has 0 unspecified atom stereocenters. The first-order valence-electron chi connectivity index (χ1n) is 7.75. The molecule has 2 aromatic carbocycles. The van der Waals surface area contributed by atoms with Crippen LogP contribution in [0.15, 0.2) is 48.5 Å². The number of hydrogen-bond acceptors (Lipinski definition) is 2. The van der Waals surface area contributed by atoms with E-state index in [-0.39, 0.29) is 5.91 Å². The molecule has 0 saturated carbocycles. The molecule has 1 aromatic heterocycles. The van der Waals surface area contributed by atoms with Crippen molar-refractivity contribution in [2.45, 2.75) is 27.2 Å². The highest BCUT2D eigenvalue weighted by atomic mass is 16.1. The van der Waals surface area contributed by atoms with Gasteiger partial charge in [0.2, 0.25) is 5.91 Å². The summed E-state index contributed by atoms with van der Waals surface area (Å²) in [6.45, 7) is 6.06. The van der Waals surface area contributed by atoms with Gasteiger partial charge in [-0.05, 0) is 44.0 Å². The van der Waals surface area contributed by atoms with Crippen LogP contribution in [0.2, 0.25) is 0 Å². The Morgan fingerprint density at radius 2 is 1.78 bits per heavy atom. The van der Waals surface area contributed by atoms with E-state index in [9.17, 15) is 4.79 Å². The van der Waals surface area contributed by atoms with Crippen LogP contribution in [-0.4, -0.2) is 10.9 Å².